The molecule has 0 saturated heterocycles. The predicted octanol–water partition coefficient (Wildman–Crippen LogP) is 1.62. The summed E-state index contributed by atoms with van der Waals surface area (Å²) in [5.74, 6) is 0.394. The number of anilines is 1. The van der Waals surface area contributed by atoms with Gasteiger partial charge in [-0.15, -0.1) is 0 Å². The van der Waals surface area contributed by atoms with Crippen LogP contribution in [0.5, 0.6) is 0 Å². The normalized spacial score (nSPS) is 12.6. The SMILES string of the molecule is CC(C)c1nnc(N)[s+]1S. The van der Waals surface area contributed by atoms with Crippen LogP contribution >= 0.6 is 21.2 Å². The maximum Gasteiger partial charge on any atom is 0.370 e. The number of aromatic nitrogens is 2. The van der Waals surface area contributed by atoms with E-state index in [0.717, 1.165) is 5.01 Å². The molecule has 1 rings (SSSR count). The topological polar surface area (TPSA) is 51.8 Å². The summed E-state index contributed by atoms with van der Waals surface area (Å²) in [6.45, 7) is 4.12. The Balaban J connectivity index is 3.05. The zero-order valence-electron chi connectivity index (χ0n) is 5.90. The minimum absolute atomic E-state index is 0.313. The number of hydrogen-bond donors (Lipinski definition) is 2. The largest absolute Gasteiger partial charge is 0.370 e. The molecule has 0 spiro atoms. The zero-order valence-corrected chi connectivity index (χ0v) is 7.62. The third-order valence-electron chi connectivity index (χ3n) is 1.14. The van der Waals surface area contributed by atoms with Gasteiger partial charge < -0.3 is 5.73 Å². The van der Waals surface area contributed by atoms with Crippen molar-refractivity contribution in [2.24, 2.45) is 0 Å². The summed E-state index contributed by atoms with van der Waals surface area (Å²) in [5.41, 5.74) is 5.48. The van der Waals surface area contributed by atoms with E-state index in [4.69, 9.17) is 5.73 Å². The number of nitrogens with two attached hydrogens (primary N) is 1. The maximum absolute atomic E-state index is 5.48. The molecule has 0 aliphatic rings. The second kappa shape index (κ2) is 2.75. The van der Waals surface area contributed by atoms with Crippen molar-refractivity contribution in [1.82, 2.24) is 10.2 Å². The minimum atomic E-state index is -0.313. The number of nitrogen functional groups attached to an aromatic ring is 1. The van der Waals surface area contributed by atoms with Gasteiger partial charge in [0.2, 0.25) is 0 Å². The molecule has 0 amide bonds. The summed E-state index contributed by atoms with van der Waals surface area (Å²) in [7, 11) is -0.313. The van der Waals surface area contributed by atoms with Gasteiger partial charge in [0.05, 0.1) is 0 Å². The minimum Gasteiger partial charge on any atom is -0.337 e. The number of nitrogens with zero attached hydrogens (tertiary/aromatic N) is 2. The molecule has 1 aromatic heterocycles. The third kappa shape index (κ3) is 1.24. The van der Waals surface area contributed by atoms with Gasteiger partial charge in [-0.05, 0) is 0 Å². The van der Waals surface area contributed by atoms with Gasteiger partial charge in [0.15, 0.2) is 0 Å². The first-order valence-corrected chi connectivity index (χ1v) is 5.25. The van der Waals surface area contributed by atoms with E-state index >= 15 is 0 Å². The standard InChI is InChI=1S/C5H10N3S2/c1-3(2)4-7-8-5(6)10(4)9/h3,9H,1-2H3,(H2,6,8)/q+1. The van der Waals surface area contributed by atoms with Crippen LogP contribution in [0.1, 0.15) is 24.8 Å². The van der Waals surface area contributed by atoms with Gasteiger partial charge in [-0.2, -0.15) is 0 Å². The van der Waals surface area contributed by atoms with Crippen molar-refractivity contribution in [2.45, 2.75) is 19.8 Å². The summed E-state index contributed by atoms with van der Waals surface area (Å²) in [6, 6.07) is 0. The van der Waals surface area contributed by atoms with Crippen LogP contribution in [0.15, 0.2) is 0 Å². The summed E-state index contributed by atoms with van der Waals surface area (Å²) in [4.78, 5) is 0. The number of rotatable bonds is 1. The lowest BCUT2D eigenvalue weighted by Crippen LogP contribution is -1.84. The van der Waals surface area contributed by atoms with Gasteiger partial charge in [0.1, 0.15) is 21.2 Å². The zero-order chi connectivity index (χ0) is 7.72. The molecule has 3 nitrogen and oxygen atoms in total. The van der Waals surface area contributed by atoms with Gasteiger partial charge in [-0.25, -0.2) is 0 Å². The lowest BCUT2D eigenvalue weighted by atomic mass is 10.2. The van der Waals surface area contributed by atoms with Crippen LogP contribution in [0.3, 0.4) is 0 Å². The Morgan fingerprint density at radius 3 is 2.30 bits per heavy atom. The quantitative estimate of drug-likeness (QED) is 0.388. The lowest BCUT2D eigenvalue weighted by Gasteiger charge is -1.89. The van der Waals surface area contributed by atoms with E-state index in [1.54, 1.807) is 0 Å². The molecule has 0 aliphatic heterocycles. The molecular formula is C5H10N3S2+. The van der Waals surface area contributed by atoms with Gasteiger partial charge >= 0.3 is 5.13 Å². The van der Waals surface area contributed by atoms with Crippen LogP contribution in [-0.2, 0) is 0 Å². The van der Waals surface area contributed by atoms with Crippen molar-refractivity contribution in [2.75, 3.05) is 5.73 Å². The number of thiol groups is 1. The van der Waals surface area contributed by atoms with E-state index in [1.165, 1.54) is 0 Å². The van der Waals surface area contributed by atoms with Crippen LogP contribution in [0.25, 0.3) is 0 Å². The van der Waals surface area contributed by atoms with Crippen molar-refractivity contribution < 1.29 is 0 Å². The first-order valence-electron chi connectivity index (χ1n) is 2.97. The van der Waals surface area contributed by atoms with Crippen molar-refractivity contribution >= 4 is 26.3 Å². The van der Waals surface area contributed by atoms with E-state index < -0.39 is 0 Å². The molecule has 1 heterocycles. The first kappa shape index (κ1) is 7.81. The predicted molar refractivity (Wildman–Crippen MR) is 47.4 cm³/mol. The third-order valence-corrected chi connectivity index (χ3v) is 3.69. The fourth-order valence-electron chi connectivity index (χ4n) is 0.622. The molecule has 1 aromatic rings. The molecular weight excluding hydrogens is 166 g/mol. The molecule has 0 bridgehead atoms. The molecule has 0 fully saturated rings. The average Bonchev–Trinajstić information content (AvgIpc) is 2.14. The Hall–Kier alpha value is -0.290. The second-order valence-electron chi connectivity index (χ2n) is 2.32. The van der Waals surface area contributed by atoms with E-state index in [0.29, 0.717) is 11.0 Å². The molecule has 1 unspecified atom stereocenters. The molecule has 0 aliphatic carbocycles. The van der Waals surface area contributed by atoms with Crippen molar-refractivity contribution in [3.8, 4) is 0 Å². The highest BCUT2D eigenvalue weighted by atomic mass is 33.1. The summed E-state index contributed by atoms with van der Waals surface area (Å²) < 4.78 is 0. The summed E-state index contributed by atoms with van der Waals surface area (Å²) >= 11 is 4.26. The summed E-state index contributed by atoms with van der Waals surface area (Å²) in [6.07, 6.45) is 0. The van der Waals surface area contributed by atoms with E-state index in [9.17, 15) is 0 Å². The Morgan fingerprint density at radius 1 is 1.50 bits per heavy atom. The monoisotopic (exact) mass is 176 g/mol. The Morgan fingerprint density at radius 2 is 2.10 bits per heavy atom. The maximum atomic E-state index is 5.48. The molecule has 1 atom stereocenters. The molecule has 10 heavy (non-hydrogen) atoms. The average molecular weight is 176 g/mol. The number of hydrogen-bond acceptors (Lipinski definition) is 4. The lowest BCUT2D eigenvalue weighted by molar-refractivity contribution is 0.825. The van der Waals surface area contributed by atoms with Crippen molar-refractivity contribution in [3.05, 3.63) is 5.01 Å². The van der Waals surface area contributed by atoms with Crippen LogP contribution < -0.4 is 5.73 Å². The molecule has 0 aromatic carbocycles. The van der Waals surface area contributed by atoms with Crippen LogP contribution in [0.2, 0.25) is 0 Å². The molecule has 56 valence electrons. The van der Waals surface area contributed by atoms with Crippen molar-refractivity contribution in [1.29, 1.82) is 0 Å². The Bertz CT molecular complexity index is 231. The molecule has 5 heteroatoms. The van der Waals surface area contributed by atoms with Crippen LogP contribution in [-0.4, -0.2) is 10.2 Å². The van der Waals surface area contributed by atoms with Crippen LogP contribution in [0, 0.1) is 0 Å². The molecule has 0 radical (unpaired) electrons. The van der Waals surface area contributed by atoms with Crippen molar-refractivity contribution in [3.63, 3.8) is 0 Å². The molecule has 0 saturated carbocycles. The van der Waals surface area contributed by atoms with Gasteiger partial charge in [-0.3, -0.25) is 0 Å². The van der Waals surface area contributed by atoms with Gasteiger partial charge in [0, 0.05) is 5.92 Å². The van der Waals surface area contributed by atoms with E-state index in [-0.39, 0.29) is 9.50 Å². The van der Waals surface area contributed by atoms with E-state index in [1.807, 2.05) is 0 Å². The highest BCUT2D eigenvalue weighted by Crippen LogP contribution is 2.36. The Kier molecular flexibility index (Phi) is 2.15. The highest BCUT2D eigenvalue weighted by molar-refractivity contribution is 8.34. The second-order valence-corrected chi connectivity index (χ2v) is 4.82. The summed E-state index contributed by atoms with van der Waals surface area (Å²) in [5, 5.41) is 9.17. The van der Waals surface area contributed by atoms with Crippen LogP contribution in [0.4, 0.5) is 5.13 Å². The first-order chi connectivity index (χ1) is 4.63. The van der Waals surface area contributed by atoms with Gasteiger partial charge in [-0.1, -0.05) is 24.0 Å². The fraction of sp³-hybridized carbons (Fsp3) is 0.600. The Labute approximate surface area is 67.4 Å². The van der Waals surface area contributed by atoms with E-state index in [2.05, 4.69) is 35.7 Å². The smallest absolute Gasteiger partial charge is 0.337 e. The molecule has 2 N–H and O–H groups in total. The fourth-order valence-corrected chi connectivity index (χ4v) is 2.37. The van der Waals surface area contributed by atoms with Gasteiger partial charge in [0.25, 0.3) is 5.01 Å². The highest BCUT2D eigenvalue weighted by Gasteiger charge is 2.21.